The molecule has 0 bridgehead atoms. The van der Waals surface area contributed by atoms with E-state index in [1.54, 1.807) is 4.68 Å². The molecular weight excluding hydrogens is 218 g/mol. The minimum absolute atomic E-state index is 0.136. The highest BCUT2D eigenvalue weighted by Gasteiger charge is 2.45. The zero-order valence-corrected chi connectivity index (χ0v) is 10.3. The molecule has 3 N–H and O–H groups in total. The summed E-state index contributed by atoms with van der Waals surface area (Å²) in [6, 6.07) is 2.02. The fourth-order valence-corrected chi connectivity index (χ4v) is 2.77. The molecule has 0 aromatic carbocycles. The van der Waals surface area contributed by atoms with Gasteiger partial charge in [0.15, 0.2) is 0 Å². The average molecular weight is 237 g/mol. The van der Waals surface area contributed by atoms with Crippen LogP contribution in [0.4, 0.5) is 0 Å². The molecule has 0 unspecified atom stereocenters. The molecule has 0 aliphatic heterocycles. The first-order valence-electron chi connectivity index (χ1n) is 5.96. The highest BCUT2D eigenvalue weighted by Crippen LogP contribution is 2.39. The lowest BCUT2D eigenvalue weighted by Crippen LogP contribution is -2.44. The molecule has 1 fully saturated rings. The van der Waals surface area contributed by atoms with Crippen LogP contribution >= 0.6 is 0 Å². The lowest BCUT2D eigenvalue weighted by Gasteiger charge is -2.35. The SMILES string of the molecule is Cc1cc(C2(C(=O)O)CCC(N)CC2)n(C)n1. The Morgan fingerprint density at radius 1 is 1.59 bits per heavy atom. The predicted octanol–water partition coefficient (Wildman–Crippen LogP) is 0.952. The molecule has 1 aromatic heterocycles. The van der Waals surface area contributed by atoms with Crippen molar-refractivity contribution in [2.24, 2.45) is 12.8 Å². The second-order valence-electron chi connectivity index (χ2n) is 5.02. The third kappa shape index (κ3) is 1.95. The largest absolute Gasteiger partial charge is 0.481 e. The molecule has 0 amide bonds. The zero-order chi connectivity index (χ0) is 12.6. The van der Waals surface area contributed by atoms with Crippen LogP contribution in [0, 0.1) is 6.92 Å². The summed E-state index contributed by atoms with van der Waals surface area (Å²) in [6.07, 6.45) is 2.72. The number of carboxylic acids is 1. The molecule has 1 aliphatic carbocycles. The Balaban J connectivity index is 2.42. The Hall–Kier alpha value is -1.36. The molecule has 0 saturated heterocycles. The van der Waals surface area contributed by atoms with Crippen LogP contribution in [0.1, 0.15) is 37.1 Å². The first-order valence-corrected chi connectivity index (χ1v) is 5.96. The van der Waals surface area contributed by atoms with Crippen LogP contribution in [0.25, 0.3) is 0 Å². The fourth-order valence-electron chi connectivity index (χ4n) is 2.77. The Bertz CT molecular complexity index is 431. The Morgan fingerprint density at radius 3 is 2.59 bits per heavy atom. The number of aromatic nitrogens is 2. The number of carbonyl (C=O) groups is 1. The van der Waals surface area contributed by atoms with E-state index in [1.807, 2.05) is 20.0 Å². The molecule has 94 valence electrons. The molecule has 0 atom stereocenters. The van der Waals surface area contributed by atoms with E-state index in [2.05, 4.69) is 5.10 Å². The van der Waals surface area contributed by atoms with Gasteiger partial charge in [0.25, 0.3) is 0 Å². The monoisotopic (exact) mass is 237 g/mol. The fraction of sp³-hybridized carbons (Fsp3) is 0.667. The summed E-state index contributed by atoms with van der Waals surface area (Å²) >= 11 is 0. The van der Waals surface area contributed by atoms with Crippen molar-refractivity contribution < 1.29 is 9.90 Å². The van der Waals surface area contributed by atoms with E-state index < -0.39 is 11.4 Å². The molecule has 0 radical (unpaired) electrons. The van der Waals surface area contributed by atoms with Crippen LogP contribution in [-0.2, 0) is 17.3 Å². The van der Waals surface area contributed by atoms with Gasteiger partial charge in [-0.1, -0.05) is 0 Å². The Morgan fingerprint density at radius 2 is 2.18 bits per heavy atom. The maximum absolute atomic E-state index is 11.7. The smallest absolute Gasteiger partial charge is 0.315 e. The summed E-state index contributed by atoms with van der Waals surface area (Å²) in [5, 5.41) is 13.8. The number of nitrogens with zero attached hydrogens (tertiary/aromatic N) is 2. The van der Waals surface area contributed by atoms with E-state index in [9.17, 15) is 9.90 Å². The minimum atomic E-state index is -0.800. The van der Waals surface area contributed by atoms with Crippen molar-refractivity contribution in [2.75, 3.05) is 0 Å². The molecule has 17 heavy (non-hydrogen) atoms. The molecule has 1 heterocycles. The number of rotatable bonds is 2. The molecule has 5 nitrogen and oxygen atoms in total. The Kier molecular flexibility index (Phi) is 2.95. The van der Waals surface area contributed by atoms with E-state index >= 15 is 0 Å². The second kappa shape index (κ2) is 4.14. The molecular formula is C12H19N3O2. The lowest BCUT2D eigenvalue weighted by atomic mass is 9.70. The normalized spacial score (nSPS) is 29.2. The van der Waals surface area contributed by atoms with Crippen LogP contribution in [0.5, 0.6) is 0 Å². The van der Waals surface area contributed by atoms with E-state index in [1.165, 1.54) is 0 Å². The summed E-state index contributed by atoms with van der Waals surface area (Å²) in [5.41, 5.74) is 6.72. The predicted molar refractivity (Wildman–Crippen MR) is 63.7 cm³/mol. The number of hydrogen-bond acceptors (Lipinski definition) is 3. The van der Waals surface area contributed by atoms with Gasteiger partial charge in [-0.05, 0) is 38.7 Å². The van der Waals surface area contributed by atoms with Crippen molar-refractivity contribution in [1.29, 1.82) is 0 Å². The molecule has 1 aromatic rings. The van der Waals surface area contributed by atoms with E-state index in [0.717, 1.165) is 24.2 Å². The summed E-state index contributed by atoms with van der Waals surface area (Å²) < 4.78 is 1.69. The van der Waals surface area contributed by atoms with Crippen molar-refractivity contribution >= 4 is 5.97 Å². The van der Waals surface area contributed by atoms with Gasteiger partial charge in [0.05, 0.1) is 11.4 Å². The summed E-state index contributed by atoms with van der Waals surface area (Å²) in [4.78, 5) is 11.7. The topological polar surface area (TPSA) is 81.1 Å². The van der Waals surface area contributed by atoms with Gasteiger partial charge in [-0.25, -0.2) is 0 Å². The highest BCUT2D eigenvalue weighted by atomic mass is 16.4. The lowest BCUT2D eigenvalue weighted by molar-refractivity contribution is -0.145. The van der Waals surface area contributed by atoms with Crippen LogP contribution in [0.2, 0.25) is 0 Å². The Labute approximate surface area is 101 Å². The van der Waals surface area contributed by atoms with Gasteiger partial charge in [-0.15, -0.1) is 0 Å². The van der Waals surface area contributed by atoms with Gasteiger partial charge < -0.3 is 10.8 Å². The third-order valence-electron chi connectivity index (χ3n) is 3.79. The van der Waals surface area contributed by atoms with E-state index in [0.29, 0.717) is 12.8 Å². The van der Waals surface area contributed by atoms with Gasteiger partial charge >= 0.3 is 5.97 Å². The standard InChI is InChI=1S/C12H19N3O2/c1-8-7-10(15(2)14-8)12(11(16)17)5-3-9(13)4-6-12/h7,9H,3-6,13H2,1-2H3,(H,16,17). The van der Waals surface area contributed by atoms with Crippen LogP contribution in [0.3, 0.4) is 0 Å². The van der Waals surface area contributed by atoms with Crippen molar-refractivity contribution in [3.63, 3.8) is 0 Å². The number of aryl methyl sites for hydroxylation is 2. The van der Waals surface area contributed by atoms with Gasteiger partial charge in [0.1, 0.15) is 5.41 Å². The maximum Gasteiger partial charge on any atom is 0.315 e. The number of nitrogens with two attached hydrogens (primary N) is 1. The molecule has 2 rings (SSSR count). The number of aliphatic carboxylic acids is 1. The summed E-state index contributed by atoms with van der Waals surface area (Å²) in [7, 11) is 1.81. The minimum Gasteiger partial charge on any atom is -0.481 e. The quantitative estimate of drug-likeness (QED) is 0.802. The molecule has 0 spiro atoms. The van der Waals surface area contributed by atoms with Gasteiger partial charge in [0, 0.05) is 13.1 Å². The van der Waals surface area contributed by atoms with Crippen LogP contribution in [-0.4, -0.2) is 26.9 Å². The van der Waals surface area contributed by atoms with Crippen molar-refractivity contribution in [2.45, 2.75) is 44.1 Å². The van der Waals surface area contributed by atoms with Crippen LogP contribution < -0.4 is 5.73 Å². The van der Waals surface area contributed by atoms with Gasteiger partial charge in [0.2, 0.25) is 0 Å². The molecule has 5 heteroatoms. The van der Waals surface area contributed by atoms with Gasteiger partial charge in [-0.2, -0.15) is 5.10 Å². The van der Waals surface area contributed by atoms with E-state index in [-0.39, 0.29) is 6.04 Å². The number of carboxylic acid groups (broad SMARTS) is 1. The third-order valence-corrected chi connectivity index (χ3v) is 3.79. The summed E-state index contributed by atoms with van der Waals surface area (Å²) in [6.45, 7) is 1.88. The van der Waals surface area contributed by atoms with Crippen molar-refractivity contribution in [3.8, 4) is 0 Å². The maximum atomic E-state index is 11.7. The summed E-state index contributed by atoms with van der Waals surface area (Å²) in [5.74, 6) is -0.757. The van der Waals surface area contributed by atoms with Crippen molar-refractivity contribution in [3.05, 3.63) is 17.5 Å². The number of hydrogen-bond donors (Lipinski definition) is 2. The van der Waals surface area contributed by atoms with E-state index in [4.69, 9.17) is 5.73 Å². The second-order valence-corrected chi connectivity index (χ2v) is 5.02. The highest BCUT2D eigenvalue weighted by molar-refractivity contribution is 5.81. The van der Waals surface area contributed by atoms with Crippen LogP contribution in [0.15, 0.2) is 6.07 Å². The van der Waals surface area contributed by atoms with Crippen molar-refractivity contribution in [1.82, 2.24) is 9.78 Å². The average Bonchev–Trinajstić information content (AvgIpc) is 2.59. The van der Waals surface area contributed by atoms with Gasteiger partial charge in [-0.3, -0.25) is 9.48 Å². The first-order chi connectivity index (χ1) is 7.95. The zero-order valence-electron chi connectivity index (χ0n) is 10.3. The molecule has 1 aliphatic rings. The molecule has 1 saturated carbocycles. The first kappa shape index (κ1) is 12.1.